The molecule has 1 aliphatic carbocycles. The minimum Gasteiger partial charge on any atom is -0.372 e. The van der Waals surface area contributed by atoms with Crippen LogP contribution in [0.5, 0.6) is 0 Å². The predicted octanol–water partition coefficient (Wildman–Crippen LogP) is 1.34. The largest absolute Gasteiger partial charge is 0.372 e. The Kier molecular flexibility index (Phi) is 5.50. The van der Waals surface area contributed by atoms with Crippen molar-refractivity contribution >= 4 is 0 Å². The Balaban J connectivity index is 1.18. The maximum absolute atomic E-state index is 5.83. The average molecular weight is 367 g/mol. The Morgan fingerprint density at radius 2 is 1.15 bits per heavy atom. The van der Waals surface area contributed by atoms with E-state index >= 15 is 0 Å². The minimum absolute atomic E-state index is 0.345. The van der Waals surface area contributed by atoms with E-state index < -0.39 is 0 Å². The van der Waals surface area contributed by atoms with Gasteiger partial charge in [0.2, 0.25) is 0 Å². The van der Waals surface area contributed by atoms with Crippen LogP contribution in [-0.4, -0.2) is 93.5 Å². The second-order valence-corrected chi connectivity index (χ2v) is 8.96. The van der Waals surface area contributed by atoms with E-state index in [1.54, 1.807) is 0 Å². The van der Waals surface area contributed by atoms with E-state index in [9.17, 15) is 0 Å². The summed E-state index contributed by atoms with van der Waals surface area (Å²) < 4.78 is 22.3. The summed E-state index contributed by atoms with van der Waals surface area (Å²) in [5.41, 5.74) is 0. The quantitative estimate of drug-likeness (QED) is 0.515. The summed E-state index contributed by atoms with van der Waals surface area (Å²) in [4.78, 5) is 5.22. The molecule has 0 N–H and O–H groups in total. The van der Waals surface area contributed by atoms with E-state index in [0.717, 1.165) is 57.9 Å². The van der Waals surface area contributed by atoms with E-state index in [2.05, 4.69) is 9.80 Å². The molecule has 5 aliphatic rings. The van der Waals surface area contributed by atoms with Gasteiger partial charge in [-0.1, -0.05) is 12.8 Å². The number of hydrogen-bond acceptors (Lipinski definition) is 6. The fourth-order valence-corrected chi connectivity index (χ4v) is 4.80. The molecule has 0 radical (unpaired) electrons. The second kappa shape index (κ2) is 8.02. The molecule has 0 aromatic rings. The van der Waals surface area contributed by atoms with Crippen LogP contribution in [0.15, 0.2) is 0 Å². The molecule has 6 nitrogen and oxygen atoms in total. The molecule has 4 heterocycles. The van der Waals surface area contributed by atoms with Gasteiger partial charge in [0, 0.05) is 39.1 Å². The molecular weight excluding hydrogens is 332 g/mol. The summed E-state index contributed by atoms with van der Waals surface area (Å²) in [6, 6.07) is 0. The van der Waals surface area contributed by atoms with Crippen LogP contribution in [0.3, 0.4) is 0 Å². The van der Waals surface area contributed by atoms with Gasteiger partial charge in [-0.25, -0.2) is 0 Å². The van der Waals surface area contributed by atoms with E-state index in [-0.39, 0.29) is 0 Å². The van der Waals surface area contributed by atoms with Gasteiger partial charge in [0.05, 0.1) is 44.7 Å². The maximum atomic E-state index is 5.83. The van der Waals surface area contributed by atoms with Crippen LogP contribution >= 0.6 is 0 Å². The van der Waals surface area contributed by atoms with Crippen molar-refractivity contribution in [2.75, 3.05) is 59.2 Å². The molecule has 26 heavy (non-hydrogen) atoms. The van der Waals surface area contributed by atoms with E-state index in [4.69, 9.17) is 18.9 Å². The van der Waals surface area contributed by atoms with Gasteiger partial charge in [-0.15, -0.1) is 0 Å². The molecule has 5 fully saturated rings. The maximum Gasteiger partial charge on any atom is 0.112 e. The van der Waals surface area contributed by atoms with Crippen molar-refractivity contribution in [2.45, 2.75) is 56.6 Å². The van der Waals surface area contributed by atoms with Gasteiger partial charge < -0.3 is 18.9 Å². The van der Waals surface area contributed by atoms with Gasteiger partial charge in [0.1, 0.15) is 6.23 Å². The first-order valence-electron chi connectivity index (χ1n) is 10.8. The minimum atomic E-state index is 0.345. The lowest BCUT2D eigenvalue weighted by atomic mass is 9.78. The topological polar surface area (TPSA) is 53.3 Å². The highest BCUT2D eigenvalue weighted by atomic mass is 16.6. The zero-order valence-corrected chi connectivity index (χ0v) is 15.9. The van der Waals surface area contributed by atoms with Gasteiger partial charge in [-0.05, 0) is 24.7 Å². The second-order valence-electron chi connectivity index (χ2n) is 8.96. The van der Waals surface area contributed by atoms with Crippen molar-refractivity contribution < 1.29 is 18.9 Å². The Bertz CT molecular complexity index is 449. The fraction of sp³-hybridized carbons (Fsp3) is 1.00. The lowest BCUT2D eigenvalue weighted by Gasteiger charge is -2.42. The highest BCUT2D eigenvalue weighted by molar-refractivity contribution is 4.87. The Morgan fingerprint density at radius 1 is 0.615 bits per heavy atom. The van der Waals surface area contributed by atoms with Crippen LogP contribution in [0, 0.1) is 11.8 Å². The molecule has 6 heteroatoms. The molecule has 6 atom stereocenters. The summed E-state index contributed by atoms with van der Waals surface area (Å²) in [6.45, 7) is 9.40. The first-order chi connectivity index (χ1) is 12.8. The zero-order valence-electron chi connectivity index (χ0n) is 15.9. The highest BCUT2D eigenvalue weighted by Gasteiger charge is 2.38. The van der Waals surface area contributed by atoms with Crippen LogP contribution in [0.4, 0.5) is 0 Å². The van der Waals surface area contributed by atoms with Crippen molar-refractivity contribution in [1.29, 1.82) is 0 Å². The molecule has 0 aromatic carbocycles. The van der Waals surface area contributed by atoms with Crippen LogP contribution in [-0.2, 0) is 18.9 Å². The highest BCUT2D eigenvalue weighted by Crippen LogP contribution is 2.34. The SMILES string of the molecule is C1CCC(CN(CC2CO2)C2CCO2)C(CN(CC2CO2)CC2CO2)C1. The van der Waals surface area contributed by atoms with Gasteiger partial charge in [-0.3, -0.25) is 9.80 Å². The number of ether oxygens (including phenoxy) is 4. The van der Waals surface area contributed by atoms with Gasteiger partial charge in [0.25, 0.3) is 0 Å². The third-order valence-electron chi connectivity index (χ3n) is 6.68. The standard InChI is InChI=1S/C20H34N2O4/c1-2-4-16(8-22(11-19-14-26-19)20-5-6-23-20)15(3-1)7-21(9-17-12-24-17)10-18-13-25-18/h15-20H,1-14H2. The molecule has 0 spiro atoms. The first-order valence-corrected chi connectivity index (χ1v) is 10.8. The Labute approximate surface area is 157 Å². The Hall–Kier alpha value is -0.240. The van der Waals surface area contributed by atoms with Gasteiger partial charge in [-0.2, -0.15) is 0 Å². The molecule has 0 amide bonds. The van der Waals surface area contributed by atoms with Crippen LogP contribution in [0.2, 0.25) is 0 Å². The van der Waals surface area contributed by atoms with Crippen molar-refractivity contribution in [1.82, 2.24) is 9.80 Å². The summed E-state index contributed by atoms with van der Waals surface area (Å²) in [5, 5.41) is 0. The first kappa shape index (κ1) is 17.8. The molecule has 1 saturated carbocycles. The summed E-state index contributed by atoms with van der Waals surface area (Å²) >= 11 is 0. The van der Waals surface area contributed by atoms with Crippen molar-refractivity contribution in [3.05, 3.63) is 0 Å². The third-order valence-corrected chi connectivity index (χ3v) is 6.68. The number of nitrogens with zero attached hydrogens (tertiary/aromatic N) is 2. The summed E-state index contributed by atoms with van der Waals surface area (Å²) in [5.74, 6) is 1.58. The summed E-state index contributed by atoms with van der Waals surface area (Å²) in [6.07, 6.45) is 8.46. The van der Waals surface area contributed by atoms with Crippen molar-refractivity contribution in [3.63, 3.8) is 0 Å². The number of epoxide rings is 3. The van der Waals surface area contributed by atoms with Crippen LogP contribution < -0.4 is 0 Å². The third kappa shape index (κ3) is 4.97. The smallest absolute Gasteiger partial charge is 0.112 e. The van der Waals surface area contributed by atoms with Crippen LogP contribution in [0.25, 0.3) is 0 Å². The molecule has 5 rings (SSSR count). The molecule has 6 unspecified atom stereocenters. The van der Waals surface area contributed by atoms with E-state index in [1.165, 1.54) is 45.2 Å². The van der Waals surface area contributed by atoms with Crippen molar-refractivity contribution in [3.8, 4) is 0 Å². The zero-order chi connectivity index (χ0) is 17.3. The molecular formula is C20H34N2O4. The number of hydrogen-bond donors (Lipinski definition) is 0. The average Bonchev–Trinajstić information content (AvgIpc) is 3.39. The molecule has 0 bridgehead atoms. The van der Waals surface area contributed by atoms with Crippen molar-refractivity contribution in [2.24, 2.45) is 11.8 Å². The van der Waals surface area contributed by atoms with E-state index in [0.29, 0.717) is 24.5 Å². The van der Waals surface area contributed by atoms with Crippen LogP contribution in [0.1, 0.15) is 32.1 Å². The predicted molar refractivity (Wildman–Crippen MR) is 97.0 cm³/mol. The normalized spacial score (nSPS) is 41.3. The Morgan fingerprint density at radius 3 is 1.65 bits per heavy atom. The lowest BCUT2D eigenvalue weighted by Crippen LogP contribution is -2.50. The van der Waals surface area contributed by atoms with Gasteiger partial charge >= 0.3 is 0 Å². The fourth-order valence-electron chi connectivity index (χ4n) is 4.80. The molecule has 148 valence electrons. The van der Waals surface area contributed by atoms with Gasteiger partial charge in [0.15, 0.2) is 0 Å². The summed E-state index contributed by atoms with van der Waals surface area (Å²) in [7, 11) is 0. The molecule has 4 aliphatic heterocycles. The molecule has 0 aromatic heterocycles. The molecule has 4 saturated heterocycles. The number of rotatable bonds is 11. The van der Waals surface area contributed by atoms with E-state index in [1.807, 2.05) is 0 Å². The monoisotopic (exact) mass is 366 g/mol. The lowest BCUT2D eigenvalue weighted by molar-refractivity contribution is -0.152.